The first-order valence-corrected chi connectivity index (χ1v) is 12.2. The van der Waals surface area contributed by atoms with Gasteiger partial charge in [0.25, 0.3) is 5.91 Å². The maximum Gasteiger partial charge on any atom is 0.425 e. The zero-order valence-electron chi connectivity index (χ0n) is 19.1. The summed E-state index contributed by atoms with van der Waals surface area (Å²) in [7, 11) is -2.98. The molecule has 198 valence electrons. The molecule has 0 aliphatic carbocycles. The van der Waals surface area contributed by atoms with Crippen molar-refractivity contribution in [3.8, 4) is 17.2 Å². The molecular formula is C22H21F6NO6S. The van der Waals surface area contributed by atoms with Gasteiger partial charge in [0.1, 0.15) is 22.0 Å². The minimum atomic E-state index is -4.81. The van der Waals surface area contributed by atoms with Crippen LogP contribution in [0.4, 0.5) is 26.3 Å². The van der Waals surface area contributed by atoms with Crippen molar-refractivity contribution < 1.29 is 54.1 Å². The Labute approximate surface area is 202 Å². The summed E-state index contributed by atoms with van der Waals surface area (Å²) in [6, 6.07) is 4.91. The Morgan fingerprint density at radius 1 is 1.08 bits per heavy atom. The van der Waals surface area contributed by atoms with Crippen LogP contribution in [0.2, 0.25) is 0 Å². The van der Waals surface area contributed by atoms with Crippen LogP contribution in [0.1, 0.15) is 34.3 Å². The highest BCUT2D eigenvalue weighted by Gasteiger charge is 2.41. The van der Waals surface area contributed by atoms with Crippen LogP contribution in [0.3, 0.4) is 0 Å². The Bertz CT molecular complexity index is 1270. The number of likely N-dealkylation sites (tertiary alicyclic amines) is 1. The number of amides is 1. The summed E-state index contributed by atoms with van der Waals surface area (Å²) in [5, 5.41) is 10.5. The van der Waals surface area contributed by atoms with Crippen LogP contribution >= 0.6 is 0 Å². The number of nitrogens with zero attached hydrogens (tertiary/aromatic N) is 1. The Balaban J connectivity index is 1.90. The topological polar surface area (TPSA) is 93.1 Å². The molecule has 3 rings (SSSR count). The van der Waals surface area contributed by atoms with Gasteiger partial charge in [-0.2, -0.15) is 26.3 Å². The van der Waals surface area contributed by atoms with E-state index in [1.165, 1.54) is 12.1 Å². The number of phenolic OH excluding ortho intramolecular Hbond substituents is 1. The van der Waals surface area contributed by atoms with E-state index in [2.05, 4.69) is 0 Å². The predicted molar refractivity (Wildman–Crippen MR) is 114 cm³/mol. The molecule has 2 aromatic rings. The van der Waals surface area contributed by atoms with Crippen molar-refractivity contribution in [3.05, 3.63) is 47.0 Å². The van der Waals surface area contributed by atoms with E-state index >= 15 is 0 Å². The number of sulfone groups is 1. The number of aromatic hydroxyl groups is 1. The van der Waals surface area contributed by atoms with E-state index in [0.29, 0.717) is 12.5 Å². The lowest BCUT2D eigenvalue weighted by Crippen LogP contribution is -2.48. The molecule has 1 aliphatic rings. The summed E-state index contributed by atoms with van der Waals surface area (Å²) in [4.78, 5) is 13.5. The van der Waals surface area contributed by atoms with E-state index in [4.69, 9.17) is 9.47 Å². The van der Waals surface area contributed by atoms with Crippen LogP contribution in [-0.2, 0) is 16.0 Å². The zero-order valence-corrected chi connectivity index (χ0v) is 19.9. The fourth-order valence-corrected chi connectivity index (χ4v) is 4.39. The third-order valence-corrected chi connectivity index (χ3v) is 6.78. The second-order valence-electron chi connectivity index (χ2n) is 8.22. The highest BCUT2D eigenvalue weighted by molar-refractivity contribution is 7.90. The molecule has 1 saturated heterocycles. The van der Waals surface area contributed by atoms with Crippen molar-refractivity contribution in [1.82, 2.24) is 4.90 Å². The van der Waals surface area contributed by atoms with Crippen molar-refractivity contribution >= 4 is 15.7 Å². The molecule has 1 aliphatic heterocycles. The minimum absolute atomic E-state index is 0.0653. The third kappa shape index (κ3) is 5.47. The zero-order chi connectivity index (χ0) is 27.2. The molecule has 1 N–H and O–H groups in total. The molecule has 1 heterocycles. The van der Waals surface area contributed by atoms with E-state index in [1.807, 2.05) is 0 Å². The minimum Gasteiger partial charge on any atom is -0.506 e. The Kier molecular flexibility index (Phi) is 7.14. The van der Waals surface area contributed by atoms with Crippen LogP contribution in [0.25, 0.3) is 0 Å². The third-order valence-electron chi connectivity index (χ3n) is 5.65. The largest absolute Gasteiger partial charge is 0.506 e. The van der Waals surface area contributed by atoms with E-state index in [1.54, 1.807) is 0 Å². The van der Waals surface area contributed by atoms with Gasteiger partial charge in [-0.1, -0.05) is 6.07 Å². The van der Waals surface area contributed by atoms with Crippen LogP contribution in [0.15, 0.2) is 35.2 Å². The molecule has 0 saturated carbocycles. The smallest absolute Gasteiger partial charge is 0.425 e. The molecule has 1 atom stereocenters. The first-order valence-electron chi connectivity index (χ1n) is 10.3. The van der Waals surface area contributed by atoms with Gasteiger partial charge in [-0.25, -0.2) is 8.42 Å². The number of alkyl halides is 6. The second kappa shape index (κ2) is 9.37. The number of benzene rings is 2. The lowest BCUT2D eigenvalue weighted by Gasteiger charge is -2.40. The van der Waals surface area contributed by atoms with Crippen LogP contribution in [-0.4, -0.2) is 63.1 Å². The number of phenols is 1. The summed E-state index contributed by atoms with van der Waals surface area (Å²) >= 11 is 0. The molecule has 36 heavy (non-hydrogen) atoms. The number of carbonyl (C=O) groups excluding carboxylic acids is 1. The standard InChI is InChI=1S/C22H21F6NO6S/c1-11(21(23,24)25)35-15-6-7-17(36(3,32)33)19(30)18(15)20(31)29-9-13(10-29)12-4-5-14(22(26,27)28)16(8-12)34-2/h4-8,11,13,30H,9-10H2,1-3H3/t11-/m0/s1. The van der Waals surface area contributed by atoms with Crippen LogP contribution in [0, 0.1) is 0 Å². The van der Waals surface area contributed by atoms with E-state index in [0.717, 1.165) is 36.5 Å². The molecule has 1 fully saturated rings. The fraction of sp³-hybridized carbons (Fsp3) is 0.409. The van der Waals surface area contributed by atoms with Crippen molar-refractivity contribution in [2.45, 2.75) is 36.2 Å². The number of methoxy groups -OCH3 is 1. The van der Waals surface area contributed by atoms with Gasteiger partial charge < -0.3 is 19.5 Å². The summed E-state index contributed by atoms with van der Waals surface area (Å²) in [6.07, 6.45) is -11.1. The molecule has 1 amide bonds. The molecule has 0 radical (unpaired) electrons. The molecule has 0 bridgehead atoms. The van der Waals surface area contributed by atoms with Gasteiger partial charge in [-0.3, -0.25) is 4.79 Å². The van der Waals surface area contributed by atoms with Crippen molar-refractivity contribution in [2.24, 2.45) is 0 Å². The highest BCUT2D eigenvalue weighted by atomic mass is 32.2. The van der Waals surface area contributed by atoms with E-state index < -0.39 is 73.4 Å². The monoisotopic (exact) mass is 541 g/mol. The first kappa shape index (κ1) is 27.4. The quantitative estimate of drug-likeness (QED) is 0.546. The Morgan fingerprint density at radius 3 is 2.19 bits per heavy atom. The highest BCUT2D eigenvalue weighted by Crippen LogP contribution is 2.41. The first-order chi connectivity index (χ1) is 16.4. The molecule has 0 aromatic heterocycles. The summed E-state index contributed by atoms with van der Waals surface area (Å²) < 4.78 is 112. The van der Waals surface area contributed by atoms with Crippen molar-refractivity contribution in [3.63, 3.8) is 0 Å². The van der Waals surface area contributed by atoms with E-state index in [9.17, 15) is 44.7 Å². The number of hydrogen-bond acceptors (Lipinski definition) is 6. The summed E-state index contributed by atoms with van der Waals surface area (Å²) in [5.74, 6) is -3.59. The summed E-state index contributed by atoms with van der Waals surface area (Å²) in [5.41, 5.74) is -1.33. The maximum absolute atomic E-state index is 13.1. The SMILES string of the molecule is COc1cc(C2CN(C(=O)c3c(O[C@@H](C)C(F)(F)F)ccc(S(C)(=O)=O)c3O)C2)ccc1C(F)(F)F. The lowest BCUT2D eigenvalue weighted by molar-refractivity contribution is -0.189. The molecule has 14 heteroatoms. The van der Waals surface area contributed by atoms with Gasteiger partial charge in [-0.05, 0) is 36.8 Å². The average molecular weight is 541 g/mol. The normalized spacial score (nSPS) is 15.9. The second-order valence-corrected chi connectivity index (χ2v) is 10.2. The molecular weight excluding hydrogens is 520 g/mol. The van der Waals surface area contributed by atoms with Gasteiger partial charge in [-0.15, -0.1) is 0 Å². The number of halogens is 6. The van der Waals surface area contributed by atoms with E-state index in [-0.39, 0.29) is 13.1 Å². The van der Waals surface area contributed by atoms with Crippen molar-refractivity contribution in [2.75, 3.05) is 26.5 Å². The van der Waals surface area contributed by atoms with Crippen molar-refractivity contribution in [1.29, 1.82) is 0 Å². The number of ether oxygens (including phenoxy) is 2. The van der Waals surface area contributed by atoms with Crippen LogP contribution in [0.5, 0.6) is 17.2 Å². The van der Waals surface area contributed by atoms with Gasteiger partial charge in [0, 0.05) is 25.3 Å². The van der Waals surface area contributed by atoms with Crippen LogP contribution < -0.4 is 9.47 Å². The number of carbonyl (C=O) groups is 1. The van der Waals surface area contributed by atoms with Gasteiger partial charge >= 0.3 is 12.4 Å². The lowest BCUT2D eigenvalue weighted by atomic mass is 9.89. The Morgan fingerprint density at radius 2 is 1.69 bits per heavy atom. The molecule has 0 unspecified atom stereocenters. The average Bonchev–Trinajstić information content (AvgIpc) is 2.70. The molecule has 2 aromatic carbocycles. The summed E-state index contributed by atoms with van der Waals surface area (Å²) in [6.45, 7) is 0.543. The predicted octanol–water partition coefficient (Wildman–Crippen LogP) is 4.39. The molecule has 7 nitrogen and oxygen atoms in total. The van der Waals surface area contributed by atoms with Gasteiger partial charge in [0.15, 0.2) is 21.7 Å². The number of rotatable bonds is 6. The number of hydrogen-bond donors (Lipinski definition) is 1. The maximum atomic E-state index is 13.1. The Hall–Kier alpha value is -3.16. The van der Waals surface area contributed by atoms with Gasteiger partial charge in [0.2, 0.25) is 0 Å². The molecule has 0 spiro atoms. The van der Waals surface area contributed by atoms with Gasteiger partial charge in [0.05, 0.1) is 12.7 Å². The fourth-order valence-electron chi connectivity index (χ4n) is 3.62.